The molecule has 2 aromatic heterocycles. The Morgan fingerprint density at radius 3 is 2.68 bits per heavy atom. The molecule has 1 fully saturated rings. The van der Waals surface area contributed by atoms with Gasteiger partial charge in [0.15, 0.2) is 5.13 Å². The summed E-state index contributed by atoms with van der Waals surface area (Å²) in [5.41, 5.74) is 7.66. The fraction of sp³-hybridized carbons (Fsp3) is 0.250. The molecule has 0 spiro atoms. The molecule has 1 aliphatic rings. The van der Waals surface area contributed by atoms with Crippen LogP contribution in [-0.4, -0.2) is 22.1 Å². The van der Waals surface area contributed by atoms with Crippen LogP contribution in [0.1, 0.15) is 12.8 Å². The highest BCUT2D eigenvalue weighted by molar-refractivity contribution is 7.22. The van der Waals surface area contributed by atoms with E-state index in [9.17, 15) is 0 Å². The van der Waals surface area contributed by atoms with Gasteiger partial charge in [-0.1, -0.05) is 23.5 Å². The first-order chi connectivity index (χ1) is 10.8. The number of nitrogens with one attached hydrogen (secondary N) is 2. The number of nitrogens with zero attached hydrogens (tertiary/aromatic N) is 2. The fourth-order valence-corrected chi connectivity index (χ4v) is 3.64. The van der Waals surface area contributed by atoms with E-state index in [-0.39, 0.29) is 0 Å². The van der Waals surface area contributed by atoms with Crippen LogP contribution < -0.4 is 16.4 Å². The Kier molecular flexibility index (Phi) is 3.31. The average Bonchev–Trinajstić information content (AvgIpc) is 2.89. The van der Waals surface area contributed by atoms with Gasteiger partial charge in [-0.15, -0.1) is 0 Å². The lowest BCUT2D eigenvalue weighted by atomic mass is 9.87. The summed E-state index contributed by atoms with van der Waals surface area (Å²) in [5.74, 6) is 0.783. The summed E-state index contributed by atoms with van der Waals surface area (Å²) in [6, 6.07) is 12.8. The monoisotopic (exact) mass is 311 g/mol. The van der Waals surface area contributed by atoms with Gasteiger partial charge in [-0.3, -0.25) is 0 Å². The third-order valence-electron chi connectivity index (χ3n) is 3.94. The van der Waals surface area contributed by atoms with Gasteiger partial charge in [0.1, 0.15) is 5.82 Å². The molecule has 4 rings (SSSR count). The Hall–Kier alpha value is -2.34. The Bertz CT molecular complexity index is 761. The van der Waals surface area contributed by atoms with Gasteiger partial charge in [-0.2, -0.15) is 0 Å². The molecule has 0 unspecified atom stereocenters. The third-order valence-corrected chi connectivity index (χ3v) is 4.91. The van der Waals surface area contributed by atoms with Crippen molar-refractivity contribution in [1.82, 2.24) is 9.97 Å². The SMILES string of the molecule is Nc1cccnc1N[C@H]1C[C@H](Nc2nc3ccccc3s2)C1. The number of aromatic nitrogens is 2. The maximum atomic E-state index is 5.90. The molecule has 22 heavy (non-hydrogen) atoms. The molecule has 0 radical (unpaired) electrons. The summed E-state index contributed by atoms with van der Waals surface area (Å²) < 4.78 is 1.22. The first-order valence-electron chi connectivity index (χ1n) is 7.37. The second kappa shape index (κ2) is 5.46. The maximum absolute atomic E-state index is 5.90. The van der Waals surface area contributed by atoms with Crippen molar-refractivity contribution in [3.63, 3.8) is 0 Å². The van der Waals surface area contributed by atoms with E-state index in [1.807, 2.05) is 30.3 Å². The van der Waals surface area contributed by atoms with Crippen molar-refractivity contribution in [3.8, 4) is 0 Å². The van der Waals surface area contributed by atoms with Crippen molar-refractivity contribution in [2.45, 2.75) is 24.9 Å². The number of anilines is 3. The van der Waals surface area contributed by atoms with Crippen LogP contribution in [-0.2, 0) is 0 Å². The van der Waals surface area contributed by atoms with Crippen molar-refractivity contribution in [2.24, 2.45) is 0 Å². The van der Waals surface area contributed by atoms with Crippen molar-refractivity contribution in [1.29, 1.82) is 0 Å². The largest absolute Gasteiger partial charge is 0.396 e. The van der Waals surface area contributed by atoms with E-state index in [4.69, 9.17) is 5.73 Å². The molecule has 6 heteroatoms. The number of thiazole rings is 1. The van der Waals surface area contributed by atoms with Gasteiger partial charge in [0.05, 0.1) is 15.9 Å². The normalized spacial score (nSPS) is 20.5. The molecule has 112 valence electrons. The van der Waals surface area contributed by atoms with Gasteiger partial charge in [-0.05, 0) is 37.1 Å². The molecule has 1 aliphatic carbocycles. The zero-order valence-electron chi connectivity index (χ0n) is 12.0. The third kappa shape index (κ3) is 2.57. The summed E-state index contributed by atoms with van der Waals surface area (Å²) in [7, 11) is 0. The Labute approximate surface area is 132 Å². The van der Waals surface area contributed by atoms with Gasteiger partial charge in [0.2, 0.25) is 0 Å². The van der Waals surface area contributed by atoms with E-state index < -0.39 is 0 Å². The molecule has 2 heterocycles. The minimum absolute atomic E-state index is 0.420. The van der Waals surface area contributed by atoms with Crippen LogP contribution in [0.2, 0.25) is 0 Å². The van der Waals surface area contributed by atoms with Crippen LogP contribution in [0.15, 0.2) is 42.6 Å². The molecule has 1 aromatic carbocycles. The van der Waals surface area contributed by atoms with Crippen molar-refractivity contribution in [3.05, 3.63) is 42.6 Å². The van der Waals surface area contributed by atoms with E-state index in [1.54, 1.807) is 17.5 Å². The summed E-state index contributed by atoms with van der Waals surface area (Å²) in [6.07, 6.45) is 3.85. The molecular formula is C16H17N5S. The molecule has 0 amide bonds. The van der Waals surface area contributed by atoms with Gasteiger partial charge in [0, 0.05) is 18.3 Å². The molecule has 3 aromatic rings. The smallest absolute Gasteiger partial charge is 0.184 e. The number of hydrogen-bond donors (Lipinski definition) is 3. The summed E-state index contributed by atoms with van der Waals surface area (Å²) in [6.45, 7) is 0. The number of pyridine rings is 1. The maximum Gasteiger partial charge on any atom is 0.184 e. The van der Waals surface area contributed by atoms with Crippen LogP contribution in [0.25, 0.3) is 10.2 Å². The predicted octanol–water partition coefficient (Wildman–Crippen LogP) is 3.33. The number of nitrogen functional groups attached to an aromatic ring is 1. The first-order valence-corrected chi connectivity index (χ1v) is 8.19. The number of para-hydroxylation sites is 1. The quantitative estimate of drug-likeness (QED) is 0.689. The molecule has 0 atom stereocenters. The number of rotatable bonds is 4. The van der Waals surface area contributed by atoms with Gasteiger partial charge < -0.3 is 16.4 Å². The van der Waals surface area contributed by atoms with Crippen LogP contribution in [0.5, 0.6) is 0 Å². The van der Waals surface area contributed by atoms with Gasteiger partial charge in [0.25, 0.3) is 0 Å². The lowest BCUT2D eigenvalue weighted by molar-refractivity contribution is 0.396. The Morgan fingerprint density at radius 2 is 1.86 bits per heavy atom. The highest BCUT2D eigenvalue weighted by Crippen LogP contribution is 2.31. The van der Waals surface area contributed by atoms with Gasteiger partial charge in [-0.25, -0.2) is 9.97 Å². The summed E-state index contributed by atoms with van der Waals surface area (Å²) >= 11 is 1.71. The van der Waals surface area contributed by atoms with Crippen molar-refractivity contribution < 1.29 is 0 Å². The van der Waals surface area contributed by atoms with Crippen LogP contribution in [0.3, 0.4) is 0 Å². The number of benzene rings is 1. The van der Waals surface area contributed by atoms with Crippen LogP contribution >= 0.6 is 11.3 Å². The van der Waals surface area contributed by atoms with E-state index >= 15 is 0 Å². The number of nitrogens with two attached hydrogens (primary N) is 1. The standard InChI is InChI=1S/C16H17N5S/c17-12-4-3-7-18-15(12)19-10-8-11(9-10)20-16-21-13-5-1-2-6-14(13)22-16/h1-7,10-11H,8-9,17H2,(H,18,19)(H,20,21)/t10-,11-. The lowest BCUT2D eigenvalue weighted by Crippen LogP contribution is -2.43. The van der Waals surface area contributed by atoms with E-state index in [0.29, 0.717) is 17.8 Å². The van der Waals surface area contributed by atoms with Crippen molar-refractivity contribution in [2.75, 3.05) is 16.4 Å². The average molecular weight is 311 g/mol. The second-order valence-electron chi connectivity index (χ2n) is 5.58. The first kappa shape index (κ1) is 13.3. The second-order valence-corrected chi connectivity index (χ2v) is 6.61. The zero-order chi connectivity index (χ0) is 14.9. The Morgan fingerprint density at radius 1 is 1.05 bits per heavy atom. The molecule has 0 saturated heterocycles. The van der Waals surface area contributed by atoms with E-state index in [0.717, 1.165) is 29.3 Å². The van der Waals surface area contributed by atoms with Crippen LogP contribution in [0, 0.1) is 0 Å². The minimum atomic E-state index is 0.420. The molecule has 1 saturated carbocycles. The molecular weight excluding hydrogens is 294 g/mol. The Balaban J connectivity index is 1.35. The minimum Gasteiger partial charge on any atom is -0.396 e. The number of fused-ring (bicyclic) bond motifs is 1. The lowest BCUT2D eigenvalue weighted by Gasteiger charge is -2.36. The highest BCUT2D eigenvalue weighted by Gasteiger charge is 2.30. The fourth-order valence-electron chi connectivity index (χ4n) is 2.69. The highest BCUT2D eigenvalue weighted by atomic mass is 32.1. The molecule has 5 nitrogen and oxygen atoms in total. The summed E-state index contributed by atoms with van der Waals surface area (Å²) in [5, 5.41) is 7.91. The molecule has 4 N–H and O–H groups in total. The zero-order valence-corrected chi connectivity index (χ0v) is 12.8. The van der Waals surface area contributed by atoms with Crippen LogP contribution in [0.4, 0.5) is 16.6 Å². The van der Waals surface area contributed by atoms with E-state index in [1.165, 1.54) is 4.70 Å². The number of hydrogen-bond acceptors (Lipinski definition) is 6. The topological polar surface area (TPSA) is 75.9 Å². The summed E-state index contributed by atoms with van der Waals surface area (Å²) in [4.78, 5) is 8.88. The molecule has 0 bridgehead atoms. The molecule has 0 aliphatic heterocycles. The van der Waals surface area contributed by atoms with Crippen molar-refractivity contribution >= 4 is 38.2 Å². The van der Waals surface area contributed by atoms with Gasteiger partial charge >= 0.3 is 0 Å². The van der Waals surface area contributed by atoms with E-state index in [2.05, 4.69) is 26.7 Å². The predicted molar refractivity (Wildman–Crippen MR) is 92.3 cm³/mol.